The van der Waals surface area contributed by atoms with E-state index in [1.165, 1.54) is 12.1 Å². The molecule has 0 bridgehead atoms. The van der Waals surface area contributed by atoms with Gasteiger partial charge >= 0.3 is 0 Å². The van der Waals surface area contributed by atoms with Crippen molar-refractivity contribution in [1.82, 2.24) is 10.2 Å². The lowest BCUT2D eigenvalue weighted by Crippen LogP contribution is -2.37. The molecule has 136 valence electrons. The van der Waals surface area contributed by atoms with Gasteiger partial charge in [-0.3, -0.25) is 14.9 Å². The van der Waals surface area contributed by atoms with E-state index in [9.17, 15) is 14.9 Å². The molecule has 1 aromatic rings. The van der Waals surface area contributed by atoms with Crippen molar-refractivity contribution in [3.8, 4) is 0 Å². The average molecular weight is 345 g/mol. The van der Waals surface area contributed by atoms with Crippen LogP contribution in [0.3, 0.4) is 0 Å². The fraction of sp³-hybridized carbons (Fsp3) is 0.526. The second-order valence-corrected chi connectivity index (χ2v) is 6.78. The Morgan fingerprint density at radius 3 is 3.00 bits per heavy atom. The van der Waals surface area contributed by atoms with Crippen LogP contribution < -0.4 is 5.32 Å². The summed E-state index contributed by atoms with van der Waals surface area (Å²) in [6.07, 6.45) is 4.51. The van der Waals surface area contributed by atoms with Gasteiger partial charge in [-0.2, -0.15) is 0 Å². The summed E-state index contributed by atoms with van der Waals surface area (Å²) < 4.78 is 0. The van der Waals surface area contributed by atoms with E-state index < -0.39 is 4.92 Å². The van der Waals surface area contributed by atoms with Crippen molar-refractivity contribution in [2.24, 2.45) is 11.8 Å². The van der Waals surface area contributed by atoms with Gasteiger partial charge in [0.2, 0.25) is 5.91 Å². The predicted octanol–water partition coefficient (Wildman–Crippen LogP) is 3.14. The van der Waals surface area contributed by atoms with Gasteiger partial charge in [-0.15, -0.1) is 6.58 Å². The van der Waals surface area contributed by atoms with Crippen molar-refractivity contribution in [3.05, 3.63) is 52.6 Å². The van der Waals surface area contributed by atoms with Crippen molar-refractivity contribution < 1.29 is 9.72 Å². The molecule has 1 N–H and O–H groups in total. The van der Waals surface area contributed by atoms with Gasteiger partial charge in [0.15, 0.2) is 0 Å². The van der Waals surface area contributed by atoms with E-state index in [2.05, 4.69) is 18.8 Å². The third-order valence-electron chi connectivity index (χ3n) is 4.83. The van der Waals surface area contributed by atoms with Gasteiger partial charge < -0.3 is 10.2 Å². The Balaban J connectivity index is 2.00. The topological polar surface area (TPSA) is 75.5 Å². The second-order valence-electron chi connectivity index (χ2n) is 6.78. The molecule has 6 heteroatoms. The van der Waals surface area contributed by atoms with Gasteiger partial charge in [-0.05, 0) is 43.3 Å². The van der Waals surface area contributed by atoms with E-state index in [1.54, 1.807) is 17.0 Å². The van der Waals surface area contributed by atoms with E-state index in [0.29, 0.717) is 31.3 Å². The van der Waals surface area contributed by atoms with Gasteiger partial charge in [0.25, 0.3) is 5.69 Å². The van der Waals surface area contributed by atoms with Crippen molar-refractivity contribution >= 4 is 11.6 Å². The Kier molecular flexibility index (Phi) is 7.13. The van der Waals surface area contributed by atoms with Crippen LogP contribution >= 0.6 is 0 Å². The Labute approximate surface area is 149 Å². The molecule has 0 radical (unpaired) electrons. The number of rotatable bonds is 8. The number of carbonyl (C=O) groups is 1. The summed E-state index contributed by atoms with van der Waals surface area (Å²) >= 11 is 0. The summed E-state index contributed by atoms with van der Waals surface area (Å²) in [4.78, 5) is 25.0. The van der Waals surface area contributed by atoms with E-state index >= 15 is 0 Å². The van der Waals surface area contributed by atoms with Gasteiger partial charge in [0, 0.05) is 31.6 Å². The molecular formula is C19H27N3O3. The SMILES string of the molecule is C=CCN(Cc1cccc([N+](=O)[O-])c1)C(=O)CC(C)C1CCCNC1. The Bertz CT molecular complexity index is 612. The first kappa shape index (κ1) is 19.1. The zero-order valence-corrected chi connectivity index (χ0v) is 14.8. The maximum Gasteiger partial charge on any atom is 0.269 e. The maximum atomic E-state index is 12.7. The molecule has 2 rings (SSSR count). The molecular weight excluding hydrogens is 318 g/mol. The van der Waals surface area contributed by atoms with E-state index in [1.807, 2.05) is 6.07 Å². The van der Waals surface area contributed by atoms with Gasteiger partial charge in [0.1, 0.15) is 0 Å². The number of hydrogen-bond acceptors (Lipinski definition) is 4. The molecule has 0 saturated carbocycles. The third-order valence-corrected chi connectivity index (χ3v) is 4.83. The number of nitrogens with one attached hydrogen (secondary N) is 1. The monoisotopic (exact) mass is 345 g/mol. The minimum Gasteiger partial charge on any atom is -0.335 e. The van der Waals surface area contributed by atoms with Crippen molar-refractivity contribution in [3.63, 3.8) is 0 Å². The highest BCUT2D eigenvalue weighted by molar-refractivity contribution is 5.76. The summed E-state index contributed by atoms with van der Waals surface area (Å²) in [5.74, 6) is 0.920. The molecule has 6 nitrogen and oxygen atoms in total. The smallest absolute Gasteiger partial charge is 0.269 e. The molecule has 1 heterocycles. The fourth-order valence-electron chi connectivity index (χ4n) is 3.33. The Hall–Kier alpha value is -2.21. The van der Waals surface area contributed by atoms with Crippen LogP contribution in [0.5, 0.6) is 0 Å². The van der Waals surface area contributed by atoms with E-state index in [4.69, 9.17) is 0 Å². The number of benzene rings is 1. The lowest BCUT2D eigenvalue weighted by atomic mass is 9.85. The van der Waals surface area contributed by atoms with Crippen LogP contribution in [0.2, 0.25) is 0 Å². The van der Waals surface area contributed by atoms with E-state index in [-0.39, 0.29) is 11.6 Å². The molecule has 1 amide bonds. The van der Waals surface area contributed by atoms with Gasteiger partial charge in [0.05, 0.1) is 4.92 Å². The molecule has 0 spiro atoms. The molecule has 0 aliphatic carbocycles. The normalized spacial score (nSPS) is 18.4. The summed E-state index contributed by atoms with van der Waals surface area (Å²) in [6, 6.07) is 6.45. The number of nitro groups is 1. The zero-order chi connectivity index (χ0) is 18.2. The second kappa shape index (κ2) is 9.32. The molecule has 0 aromatic heterocycles. The standard InChI is InChI=1S/C19H27N3O3/c1-3-10-21(14-16-6-4-8-18(12-16)22(24)25)19(23)11-15(2)17-7-5-9-20-13-17/h3-4,6,8,12,15,17,20H,1,5,7,9-11,13-14H2,2H3. The van der Waals surface area contributed by atoms with Crippen LogP contribution in [0, 0.1) is 22.0 Å². The fourth-order valence-corrected chi connectivity index (χ4v) is 3.33. The van der Waals surface area contributed by atoms with Crippen LogP contribution in [0.4, 0.5) is 5.69 Å². The minimum atomic E-state index is -0.415. The Morgan fingerprint density at radius 2 is 2.36 bits per heavy atom. The average Bonchev–Trinajstić information content (AvgIpc) is 2.62. The van der Waals surface area contributed by atoms with Crippen LogP contribution in [0.15, 0.2) is 36.9 Å². The van der Waals surface area contributed by atoms with Crippen LogP contribution in [-0.4, -0.2) is 35.4 Å². The molecule has 1 aromatic carbocycles. The third kappa shape index (κ3) is 5.67. The summed E-state index contributed by atoms with van der Waals surface area (Å²) in [7, 11) is 0. The first-order valence-corrected chi connectivity index (χ1v) is 8.84. The molecule has 1 aliphatic rings. The lowest BCUT2D eigenvalue weighted by molar-refractivity contribution is -0.384. The minimum absolute atomic E-state index is 0.0464. The number of carbonyl (C=O) groups excluding carboxylic acids is 1. The van der Waals surface area contributed by atoms with E-state index in [0.717, 1.165) is 31.5 Å². The van der Waals surface area contributed by atoms with Gasteiger partial charge in [-0.1, -0.05) is 25.1 Å². The summed E-state index contributed by atoms with van der Waals surface area (Å²) in [5.41, 5.74) is 0.807. The molecule has 1 aliphatic heterocycles. The molecule has 1 saturated heterocycles. The number of nitro benzene ring substituents is 1. The van der Waals surface area contributed by atoms with Crippen LogP contribution in [0.1, 0.15) is 31.7 Å². The number of non-ortho nitro benzene ring substituents is 1. The first-order chi connectivity index (χ1) is 12.0. The number of piperidine rings is 1. The molecule has 2 unspecified atom stereocenters. The van der Waals surface area contributed by atoms with Crippen molar-refractivity contribution in [2.75, 3.05) is 19.6 Å². The summed E-state index contributed by atoms with van der Waals surface area (Å²) in [5, 5.41) is 14.3. The lowest BCUT2D eigenvalue weighted by Gasteiger charge is -2.30. The molecule has 25 heavy (non-hydrogen) atoms. The maximum absolute atomic E-state index is 12.7. The quantitative estimate of drug-likeness (QED) is 0.446. The first-order valence-electron chi connectivity index (χ1n) is 8.84. The summed E-state index contributed by atoms with van der Waals surface area (Å²) in [6.45, 7) is 8.70. The van der Waals surface area contributed by atoms with Gasteiger partial charge in [-0.25, -0.2) is 0 Å². The van der Waals surface area contributed by atoms with Crippen LogP contribution in [-0.2, 0) is 11.3 Å². The number of hydrogen-bond donors (Lipinski definition) is 1. The molecule has 2 atom stereocenters. The highest BCUT2D eigenvalue weighted by Gasteiger charge is 2.24. The predicted molar refractivity (Wildman–Crippen MR) is 98.1 cm³/mol. The van der Waals surface area contributed by atoms with Crippen LogP contribution in [0.25, 0.3) is 0 Å². The highest BCUT2D eigenvalue weighted by atomic mass is 16.6. The molecule has 1 fully saturated rings. The number of amides is 1. The zero-order valence-electron chi connectivity index (χ0n) is 14.8. The van der Waals surface area contributed by atoms with Crippen molar-refractivity contribution in [1.29, 1.82) is 0 Å². The largest absolute Gasteiger partial charge is 0.335 e. The number of nitrogens with zero attached hydrogens (tertiary/aromatic N) is 2. The van der Waals surface area contributed by atoms with Crippen molar-refractivity contribution in [2.45, 2.75) is 32.7 Å². The Morgan fingerprint density at radius 1 is 1.56 bits per heavy atom. The highest BCUT2D eigenvalue weighted by Crippen LogP contribution is 2.24.